The van der Waals surface area contributed by atoms with Crippen molar-refractivity contribution in [3.63, 3.8) is 0 Å². The lowest BCUT2D eigenvalue weighted by atomic mass is 10.2. The Morgan fingerprint density at radius 2 is 2.07 bits per heavy atom. The molecule has 0 atom stereocenters. The lowest BCUT2D eigenvalue weighted by Crippen LogP contribution is -2.00. The van der Waals surface area contributed by atoms with Crippen molar-refractivity contribution in [3.05, 3.63) is 33.9 Å². The minimum absolute atomic E-state index is 0.170. The molecule has 0 spiro atoms. The molecule has 15 heavy (non-hydrogen) atoms. The number of nitrogens with zero attached hydrogens (tertiary/aromatic N) is 2. The van der Waals surface area contributed by atoms with Gasteiger partial charge in [0.15, 0.2) is 4.90 Å². The zero-order valence-electron chi connectivity index (χ0n) is 7.05. The summed E-state index contributed by atoms with van der Waals surface area (Å²) < 4.78 is 33.7. The normalized spacial score (nSPS) is 10.7. The summed E-state index contributed by atoms with van der Waals surface area (Å²) >= 11 is 0. The van der Waals surface area contributed by atoms with Gasteiger partial charge in [-0.25, -0.2) is 0 Å². The molecular formula is C7H3FN2O4S. The Labute approximate surface area is 83.9 Å². The van der Waals surface area contributed by atoms with Crippen LogP contribution in [0.2, 0.25) is 0 Å². The van der Waals surface area contributed by atoms with E-state index in [1.54, 1.807) is 6.07 Å². The number of nitro benzene ring substituents is 1. The zero-order chi connectivity index (χ0) is 11.6. The van der Waals surface area contributed by atoms with Gasteiger partial charge in [0.1, 0.15) is 0 Å². The minimum Gasteiger partial charge on any atom is -0.258 e. The van der Waals surface area contributed by atoms with Gasteiger partial charge in [-0.1, -0.05) is 0 Å². The van der Waals surface area contributed by atoms with Crippen LogP contribution in [0.1, 0.15) is 5.56 Å². The average molecular weight is 230 g/mol. The molecule has 6 nitrogen and oxygen atoms in total. The van der Waals surface area contributed by atoms with Gasteiger partial charge >= 0.3 is 10.2 Å². The van der Waals surface area contributed by atoms with Gasteiger partial charge in [-0.2, -0.15) is 13.7 Å². The molecule has 0 saturated carbocycles. The summed E-state index contributed by atoms with van der Waals surface area (Å²) in [4.78, 5) is 8.22. The number of halogens is 1. The Hall–Kier alpha value is -2.01. The maximum atomic E-state index is 12.6. The molecule has 0 bridgehead atoms. The first kappa shape index (κ1) is 11.1. The van der Waals surface area contributed by atoms with Crippen LogP contribution in [0.15, 0.2) is 23.1 Å². The molecule has 0 aliphatic rings. The summed E-state index contributed by atoms with van der Waals surface area (Å²) in [6.45, 7) is 0. The van der Waals surface area contributed by atoms with Gasteiger partial charge in [-0.15, -0.1) is 3.89 Å². The summed E-state index contributed by atoms with van der Waals surface area (Å²) in [7, 11) is -5.20. The highest BCUT2D eigenvalue weighted by Gasteiger charge is 2.25. The molecule has 0 radical (unpaired) electrons. The zero-order valence-corrected chi connectivity index (χ0v) is 7.86. The number of hydrogen-bond donors (Lipinski definition) is 0. The Morgan fingerprint density at radius 3 is 2.47 bits per heavy atom. The molecule has 0 saturated heterocycles. The van der Waals surface area contributed by atoms with Crippen molar-refractivity contribution in [2.45, 2.75) is 4.90 Å². The predicted octanol–water partition coefficient (Wildman–Crippen LogP) is 1.12. The Morgan fingerprint density at radius 1 is 1.47 bits per heavy atom. The van der Waals surface area contributed by atoms with Gasteiger partial charge in [0, 0.05) is 6.07 Å². The van der Waals surface area contributed by atoms with Crippen LogP contribution in [-0.2, 0) is 10.2 Å². The first-order valence-corrected chi connectivity index (χ1v) is 4.88. The number of hydrogen-bond acceptors (Lipinski definition) is 5. The van der Waals surface area contributed by atoms with E-state index >= 15 is 0 Å². The number of rotatable bonds is 2. The number of nitro groups is 1. The lowest BCUT2D eigenvalue weighted by Gasteiger charge is -1.97. The third-order valence-corrected chi connectivity index (χ3v) is 2.40. The first-order chi connectivity index (χ1) is 6.86. The van der Waals surface area contributed by atoms with E-state index in [1.165, 1.54) is 0 Å². The molecule has 0 unspecified atom stereocenters. The highest BCUT2D eigenvalue weighted by atomic mass is 32.3. The first-order valence-electron chi connectivity index (χ1n) is 3.49. The van der Waals surface area contributed by atoms with Crippen molar-refractivity contribution in [1.82, 2.24) is 0 Å². The molecule has 0 aromatic heterocycles. The molecular weight excluding hydrogens is 227 g/mol. The van der Waals surface area contributed by atoms with E-state index in [2.05, 4.69) is 0 Å². The topological polar surface area (TPSA) is 101 Å². The van der Waals surface area contributed by atoms with Crippen LogP contribution in [0.4, 0.5) is 9.57 Å². The monoisotopic (exact) mass is 230 g/mol. The molecule has 0 N–H and O–H groups in total. The molecule has 0 heterocycles. The van der Waals surface area contributed by atoms with E-state index < -0.39 is 25.7 Å². The van der Waals surface area contributed by atoms with Crippen molar-refractivity contribution in [3.8, 4) is 6.07 Å². The highest BCUT2D eigenvalue weighted by Crippen LogP contribution is 2.26. The Bertz CT molecular complexity index is 561. The summed E-state index contributed by atoms with van der Waals surface area (Å²) in [6.07, 6.45) is 0. The van der Waals surface area contributed by atoms with Crippen LogP contribution in [0, 0.1) is 21.4 Å². The average Bonchev–Trinajstić information content (AvgIpc) is 2.15. The van der Waals surface area contributed by atoms with Crippen molar-refractivity contribution in [2.24, 2.45) is 0 Å². The molecule has 78 valence electrons. The van der Waals surface area contributed by atoms with Crippen LogP contribution in [0.3, 0.4) is 0 Å². The SMILES string of the molecule is N#Cc1ccc([N+](=O)[O-])c(S(=O)(=O)F)c1. The van der Waals surface area contributed by atoms with Crippen LogP contribution >= 0.6 is 0 Å². The molecule has 0 aliphatic carbocycles. The van der Waals surface area contributed by atoms with Crippen LogP contribution in [0.25, 0.3) is 0 Å². The molecule has 1 aromatic carbocycles. The van der Waals surface area contributed by atoms with Crippen molar-refractivity contribution in [1.29, 1.82) is 5.26 Å². The van der Waals surface area contributed by atoms with Crippen molar-refractivity contribution < 1.29 is 17.2 Å². The van der Waals surface area contributed by atoms with Gasteiger partial charge < -0.3 is 0 Å². The molecule has 0 amide bonds. The third kappa shape index (κ3) is 2.26. The Kier molecular flexibility index (Phi) is 2.67. The molecule has 0 fully saturated rings. The maximum Gasteiger partial charge on any atom is 0.339 e. The highest BCUT2D eigenvalue weighted by molar-refractivity contribution is 7.86. The summed E-state index contributed by atoms with van der Waals surface area (Å²) in [6, 6.07) is 3.97. The molecule has 0 aliphatic heterocycles. The third-order valence-electron chi connectivity index (χ3n) is 1.55. The van der Waals surface area contributed by atoms with E-state index in [4.69, 9.17) is 5.26 Å². The van der Waals surface area contributed by atoms with E-state index in [0.717, 1.165) is 12.1 Å². The summed E-state index contributed by atoms with van der Waals surface area (Å²) in [5.41, 5.74) is -1.06. The van der Waals surface area contributed by atoms with Crippen LogP contribution in [0.5, 0.6) is 0 Å². The fourth-order valence-corrected chi connectivity index (χ4v) is 1.59. The fourth-order valence-electron chi connectivity index (χ4n) is 0.930. The summed E-state index contributed by atoms with van der Waals surface area (Å²) in [5, 5.41) is 18.8. The Balaban J connectivity index is 3.59. The van der Waals surface area contributed by atoms with E-state index in [9.17, 15) is 22.4 Å². The predicted molar refractivity (Wildman–Crippen MR) is 46.1 cm³/mol. The number of nitriles is 1. The van der Waals surface area contributed by atoms with Crippen molar-refractivity contribution in [2.75, 3.05) is 0 Å². The number of benzene rings is 1. The van der Waals surface area contributed by atoms with E-state index in [1.807, 2.05) is 0 Å². The quantitative estimate of drug-likeness (QED) is 0.430. The van der Waals surface area contributed by atoms with E-state index in [-0.39, 0.29) is 5.56 Å². The van der Waals surface area contributed by atoms with Gasteiger partial charge in [0.05, 0.1) is 16.6 Å². The van der Waals surface area contributed by atoms with Crippen LogP contribution in [-0.4, -0.2) is 13.3 Å². The lowest BCUT2D eigenvalue weighted by molar-refractivity contribution is -0.387. The smallest absolute Gasteiger partial charge is 0.258 e. The fraction of sp³-hybridized carbons (Fsp3) is 0. The molecule has 1 aromatic rings. The second kappa shape index (κ2) is 3.62. The standard InChI is InChI=1S/C7H3FN2O4S/c8-15(13,14)7-3-5(4-9)1-2-6(7)10(11)12/h1-3H. The van der Waals surface area contributed by atoms with Crippen molar-refractivity contribution >= 4 is 15.9 Å². The van der Waals surface area contributed by atoms with Gasteiger partial charge in [-0.3, -0.25) is 10.1 Å². The molecule has 8 heteroatoms. The molecule has 1 rings (SSSR count). The maximum absolute atomic E-state index is 12.6. The van der Waals surface area contributed by atoms with Gasteiger partial charge in [0.25, 0.3) is 5.69 Å². The van der Waals surface area contributed by atoms with Gasteiger partial charge in [0.2, 0.25) is 0 Å². The van der Waals surface area contributed by atoms with Crippen LogP contribution < -0.4 is 0 Å². The van der Waals surface area contributed by atoms with Gasteiger partial charge in [-0.05, 0) is 12.1 Å². The summed E-state index contributed by atoms with van der Waals surface area (Å²) in [5.74, 6) is 0. The second-order valence-corrected chi connectivity index (χ2v) is 3.80. The second-order valence-electron chi connectivity index (χ2n) is 2.49. The largest absolute Gasteiger partial charge is 0.339 e. The van der Waals surface area contributed by atoms with E-state index in [0.29, 0.717) is 6.07 Å². The minimum atomic E-state index is -5.20.